The predicted octanol–water partition coefficient (Wildman–Crippen LogP) is 2.22. The maximum Gasteiger partial charge on any atom is 0.277 e. The van der Waals surface area contributed by atoms with E-state index in [9.17, 15) is 14.0 Å². The number of H-pyrrole nitrogens is 1. The topological polar surface area (TPSA) is 111 Å². The first-order valence-electron chi connectivity index (χ1n) is 9.02. The number of halogens is 1. The van der Waals surface area contributed by atoms with E-state index >= 15 is 0 Å². The normalized spacial score (nSPS) is 12.1. The minimum atomic E-state index is -0.595. The number of ether oxygens (including phenoxy) is 2. The van der Waals surface area contributed by atoms with Crippen molar-refractivity contribution in [3.05, 3.63) is 63.8 Å². The number of benzene rings is 2. The van der Waals surface area contributed by atoms with E-state index in [1.807, 2.05) is 0 Å². The molecular weight excluding hydrogens is 393 g/mol. The van der Waals surface area contributed by atoms with Gasteiger partial charge in [0.2, 0.25) is 0 Å². The number of aromatic nitrogens is 4. The minimum absolute atomic E-state index is 0.0221. The summed E-state index contributed by atoms with van der Waals surface area (Å²) in [4.78, 5) is 27.9. The molecule has 2 N–H and O–H groups in total. The third kappa shape index (κ3) is 3.21. The Kier molecular flexibility index (Phi) is 4.82. The monoisotopic (exact) mass is 411 g/mol. The molecule has 0 spiro atoms. The first-order valence-corrected chi connectivity index (χ1v) is 9.02. The van der Waals surface area contributed by atoms with Crippen LogP contribution in [0.2, 0.25) is 0 Å². The smallest absolute Gasteiger partial charge is 0.277 e. The molecule has 0 saturated heterocycles. The summed E-state index contributed by atoms with van der Waals surface area (Å²) in [6.07, 6.45) is 0. The zero-order valence-electron chi connectivity index (χ0n) is 16.4. The second kappa shape index (κ2) is 7.47. The molecule has 2 heterocycles. The zero-order chi connectivity index (χ0) is 21.4. The molecule has 10 heteroatoms. The molecule has 0 fully saturated rings. The molecule has 4 aromatic rings. The Morgan fingerprint density at radius 2 is 1.93 bits per heavy atom. The number of methoxy groups -OCH3 is 2. The molecule has 4 rings (SSSR count). The molecule has 0 saturated carbocycles. The molecule has 0 bridgehead atoms. The van der Waals surface area contributed by atoms with Gasteiger partial charge >= 0.3 is 0 Å². The number of fused-ring (bicyclic) bond motifs is 3. The first kappa shape index (κ1) is 19.4. The van der Waals surface area contributed by atoms with Gasteiger partial charge in [-0.25, -0.2) is 8.91 Å². The third-order valence-electron chi connectivity index (χ3n) is 4.79. The van der Waals surface area contributed by atoms with Gasteiger partial charge in [-0.2, -0.15) is 0 Å². The highest BCUT2D eigenvalue weighted by Crippen LogP contribution is 2.30. The number of hydrogen-bond acceptors (Lipinski definition) is 6. The average molecular weight is 411 g/mol. The van der Waals surface area contributed by atoms with E-state index in [4.69, 9.17) is 9.47 Å². The van der Waals surface area contributed by atoms with E-state index < -0.39 is 23.3 Å². The van der Waals surface area contributed by atoms with Crippen molar-refractivity contribution in [3.63, 3.8) is 0 Å². The Labute approximate surface area is 169 Å². The summed E-state index contributed by atoms with van der Waals surface area (Å²) in [6.45, 7) is 1.78. The molecule has 0 aliphatic carbocycles. The number of amides is 1. The number of nitrogens with one attached hydrogen (secondary N) is 2. The van der Waals surface area contributed by atoms with Crippen LogP contribution in [0.25, 0.3) is 16.6 Å². The van der Waals surface area contributed by atoms with Gasteiger partial charge in [0.05, 0.1) is 31.3 Å². The van der Waals surface area contributed by atoms with Crippen LogP contribution in [0.1, 0.15) is 29.0 Å². The molecule has 30 heavy (non-hydrogen) atoms. The number of nitrogens with zero attached hydrogens (tertiary/aromatic N) is 3. The summed E-state index contributed by atoms with van der Waals surface area (Å²) in [5.74, 6) is 0.0258. The first-order chi connectivity index (χ1) is 14.4. The Morgan fingerprint density at radius 1 is 1.17 bits per heavy atom. The fourth-order valence-corrected chi connectivity index (χ4v) is 3.25. The van der Waals surface area contributed by atoms with Crippen LogP contribution in [0, 0.1) is 5.82 Å². The molecule has 1 amide bonds. The van der Waals surface area contributed by atoms with Crippen molar-refractivity contribution < 1.29 is 18.7 Å². The van der Waals surface area contributed by atoms with Crippen LogP contribution < -0.4 is 20.3 Å². The maximum absolute atomic E-state index is 13.5. The lowest BCUT2D eigenvalue weighted by molar-refractivity contribution is 0.0936. The van der Waals surface area contributed by atoms with Gasteiger partial charge in [0, 0.05) is 0 Å². The molecule has 2 aromatic heterocycles. The fraction of sp³-hybridized carbons (Fsp3) is 0.200. The van der Waals surface area contributed by atoms with Gasteiger partial charge < -0.3 is 19.8 Å². The maximum atomic E-state index is 13.5. The standard InChI is InChI=1S/C20H18FN5O4/c1-10(11-4-7-15(29-2)16(8-11)30-3)22-19(27)17-18-20(28)23-13-9-12(21)5-6-14(13)26(18)25-24-17/h4-10H,1-3H3,(H,22,27)(H,23,28)/t10-/m1/s1. The molecular formula is C20H18FN5O4. The van der Waals surface area contributed by atoms with Crippen LogP contribution in [-0.4, -0.2) is 39.9 Å². The lowest BCUT2D eigenvalue weighted by Gasteiger charge is -2.16. The number of hydrogen-bond donors (Lipinski definition) is 2. The highest BCUT2D eigenvalue weighted by atomic mass is 19.1. The lowest BCUT2D eigenvalue weighted by atomic mass is 10.1. The summed E-state index contributed by atoms with van der Waals surface area (Å²) in [5.41, 5.74) is 0.698. The van der Waals surface area contributed by atoms with Gasteiger partial charge in [-0.05, 0) is 42.8 Å². The van der Waals surface area contributed by atoms with E-state index in [-0.39, 0.29) is 16.7 Å². The van der Waals surface area contributed by atoms with E-state index in [0.29, 0.717) is 17.0 Å². The number of carbonyl (C=O) groups is 1. The molecule has 154 valence electrons. The van der Waals surface area contributed by atoms with Crippen molar-refractivity contribution in [2.24, 2.45) is 0 Å². The van der Waals surface area contributed by atoms with Gasteiger partial charge in [-0.3, -0.25) is 9.59 Å². The van der Waals surface area contributed by atoms with Crippen LogP contribution in [0.5, 0.6) is 11.5 Å². The zero-order valence-corrected chi connectivity index (χ0v) is 16.4. The molecule has 0 aliphatic rings. The van der Waals surface area contributed by atoms with Crippen molar-refractivity contribution in [2.45, 2.75) is 13.0 Å². The van der Waals surface area contributed by atoms with Gasteiger partial charge in [-0.1, -0.05) is 11.3 Å². The molecule has 1 atom stereocenters. The second-order valence-corrected chi connectivity index (χ2v) is 6.62. The van der Waals surface area contributed by atoms with Crippen molar-refractivity contribution in [1.82, 2.24) is 25.1 Å². The number of carbonyl (C=O) groups excluding carboxylic acids is 1. The number of rotatable bonds is 5. The quantitative estimate of drug-likeness (QED) is 0.521. The van der Waals surface area contributed by atoms with Gasteiger partial charge in [-0.15, -0.1) is 5.10 Å². The SMILES string of the molecule is COc1ccc([C@@H](C)NC(=O)c2nnn3c2c(=O)[nH]c2cc(F)ccc23)cc1OC. The van der Waals surface area contributed by atoms with Gasteiger partial charge in [0.25, 0.3) is 11.5 Å². The third-order valence-corrected chi connectivity index (χ3v) is 4.79. The molecule has 0 unspecified atom stereocenters. The van der Waals surface area contributed by atoms with E-state index in [0.717, 1.165) is 5.56 Å². The summed E-state index contributed by atoms with van der Waals surface area (Å²) >= 11 is 0. The number of aromatic amines is 1. The van der Waals surface area contributed by atoms with Crippen molar-refractivity contribution in [2.75, 3.05) is 14.2 Å². The summed E-state index contributed by atoms with van der Waals surface area (Å²) in [6, 6.07) is 8.74. The summed E-state index contributed by atoms with van der Waals surface area (Å²) in [7, 11) is 3.06. The highest BCUT2D eigenvalue weighted by molar-refractivity contribution is 5.99. The van der Waals surface area contributed by atoms with Crippen LogP contribution in [0.15, 0.2) is 41.2 Å². The minimum Gasteiger partial charge on any atom is -0.493 e. The molecule has 2 aromatic carbocycles. The van der Waals surface area contributed by atoms with Crippen LogP contribution in [0.3, 0.4) is 0 Å². The Hall–Kier alpha value is -3.95. The summed E-state index contributed by atoms with van der Waals surface area (Å²) in [5, 5.41) is 10.6. The van der Waals surface area contributed by atoms with Crippen LogP contribution >= 0.6 is 0 Å². The second-order valence-electron chi connectivity index (χ2n) is 6.62. The predicted molar refractivity (Wildman–Crippen MR) is 106 cm³/mol. The van der Waals surface area contributed by atoms with Crippen molar-refractivity contribution in [1.29, 1.82) is 0 Å². The van der Waals surface area contributed by atoms with E-state index in [1.54, 1.807) is 25.1 Å². The molecule has 0 radical (unpaired) electrons. The van der Waals surface area contributed by atoms with Crippen LogP contribution in [0.4, 0.5) is 4.39 Å². The van der Waals surface area contributed by atoms with E-state index in [2.05, 4.69) is 20.6 Å². The van der Waals surface area contributed by atoms with Crippen molar-refractivity contribution >= 4 is 22.5 Å². The van der Waals surface area contributed by atoms with Crippen LogP contribution in [-0.2, 0) is 0 Å². The average Bonchev–Trinajstić information content (AvgIpc) is 3.19. The van der Waals surface area contributed by atoms with Crippen molar-refractivity contribution in [3.8, 4) is 11.5 Å². The highest BCUT2D eigenvalue weighted by Gasteiger charge is 2.22. The largest absolute Gasteiger partial charge is 0.493 e. The van der Waals surface area contributed by atoms with Gasteiger partial charge in [0.1, 0.15) is 5.82 Å². The molecule has 0 aliphatic heterocycles. The fourth-order valence-electron chi connectivity index (χ4n) is 3.25. The summed E-state index contributed by atoms with van der Waals surface area (Å²) < 4.78 is 25.2. The Bertz CT molecular complexity index is 1330. The van der Waals surface area contributed by atoms with E-state index in [1.165, 1.54) is 36.9 Å². The Balaban J connectivity index is 1.68. The van der Waals surface area contributed by atoms with Gasteiger partial charge in [0.15, 0.2) is 22.7 Å². The lowest BCUT2D eigenvalue weighted by Crippen LogP contribution is -2.28. The Morgan fingerprint density at radius 3 is 2.67 bits per heavy atom. The molecule has 9 nitrogen and oxygen atoms in total.